The maximum absolute atomic E-state index is 12.8. The smallest absolute Gasteiger partial charge is 0.253 e. The highest BCUT2D eigenvalue weighted by Gasteiger charge is 2.28. The fraction of sp³-hybridized carbons (Fsp3) is 0.435. The van der Waals surface area contributed by atoms with Crippen molar-refractivity contribution in [3.63, 3.8) is 0 Å². The van der Waals surface area contributed by atoms with Gasteiger partial charge in [0.05, 0.1) is 6.10 Å². The molecule has 1 aliphatic rings. The minimum absolute atomic E-state index is 0.0908. The summed E-state index contributed by atoms with van der Waals surface area (Å²) in [5.41, 5.74) is 3.04. The molecule has 2 aromatic rings. The molecule has 26 heavy (non-hydrogen) atoms. The van der Waals surface area contributed by atoms with E-state index in [0.717, 1.165) is 24.0 Å². The maximum Gasteiger partial charge on any atom is 0.253 e. The SMILES string of the molecule is CC(C)(C)c1ccc(C(=O)N2CCC(C(O)c3ccccc3)CC2)cc1. The van der Waals surface area contributed by atoms with E-state index in [1.165, 1.54) is 5.56 Å². The van der Waals surface area contributed by atoms with Crippen LogP contribution in [0.3, 0.4) is 0 Å². The molecule has 1 amide bonds. The molecular weight excluding hydrogens is 322 g/mol. The molecule has 0 aliphatic carbocycles. The summed E-state index contributed by atoms with van der Waals surface area (Å²) in [5.74, 6) is 0.308. The van der Waals surface area contributed by atoms with E-state index in [9.17, 15) is 9.90 Å². The number of rotatable bonds is 3. The van der Waals surface area contributed by atoms with E-state index in [4.69, 9.17) is 0 Å². The molecule has 0 saturated carbocycles. The summed E-state index contributed by atoms with van der Waals surface area (Å²) in [6.07, 6.45) is 1.23. The fourth-order valence-corrected chi connectivity index (χ4v) is 3.64. The van der Waals surface area contributed by atoms with Gasteiger partial charge >= 0.3 is 0 Å². The summed E-state index contributed by atoms with van der Waals surface area (Å²) >= 11 is 0. The Labute approximate surface area is 156 Å². The number of benzene rings is 2. The zero-order valence-corrected chi connectivity index (χ0v) is 16.0. The van der Waals surface area contributed by atoms with E-state index in [0.29, 0.717) is 13.1 Å². The third-order valence-corrected chi connectivity index (χ3v) is 5.41. The van der Waals surface area contributed by atoms with Gasteiger partial charge in [-0.1, -0.05) is 63.2 Å². The van der Waals surface area contributed by atoms with Crippen molar-refractivity contribution in [2.45, 2.75) is 45.1 Å². The number of carbonyl (C=O) groups excluding carboxylic acids is 1. The standard InChI is InChI=1S/C23H29NO2/c1-23(2,3)20-11-9-19(10-12-20)22(26)24-15-13-18(14-16-24)21(25)17-7-5-4-6-8-17/h4-12,18,21,25H,13-16H2,1-3H3. The fourth-order valence-electron chi connectivity index (χ4n) is 3.64. The Hall–Kier alpha value is -2.13. The van der Waals surface area contributed by atoms with Gasteiger partial charge in [-0.2, -0.15) is 0 Å². The van der Waals surface area contributed by atoms with Crippen molar-refractivity contribution in [1.29, 1.82) is 0 Å². The second-order valence-corrected chi connectivity index (χ2v) is 8.31. The minimum Gasteiger partial charge on any atom is -0.388 e. The van der Waals surface area contributed by atoms with E-state index >= 15 is 0 Å². The van der Waals surface area contributed by atoms with Gasteiger partial charge in [-0.15, -0.1) is 0 Å². The monoisotopic (exact) mass is 351 g/mol. The number of piperidine rings is 1. The second-order valence-electron chi connectivity index (χ2n) is 8.31. The Kier molecular flexibility index (Phi) is 5.47. The normalized spacial score (nSPS) is 17.2. The molecule has 3 heteroatoms. The van der Waals surface area contributed by atoms with Crippen molar-refractivity contribution in [3.8, 4) is 0 Å². The number of nitrogens with zero attached hydrogens (tertiary/aromatic N) is 1. The van der Waals surface area contributed by atoms with Gasteiger partial charge in [0.25, 0.3) is 5.91 Å². The van der Waals surface area contributed by atoms with Crippen LogP contribution in [0.15, 0.2) is 54.6 Å². The summed E-state index contributed by atoms with van der Waals surface area (Å²) in [6, 6.07) is 17.8. The van der Waals surface area contributed by atoms with Crippen LogP contribution in [-0.4, -0.2) is 29.0 Å². The molecule has 2 aromatic carbocycles. The molecule has 0 spiro atoms. The van der Waals surface area contributed by atoms with Gasteiger partial charge in [0.1, 0.15) is 0 Å². The van der Waals surface area contributed by atoms with Gasteiger partial charge < -0.3 is 10.0 Å². The number of hydrogen-bond acceptors (Lipinski definition) is 2. The van der Waals surface area contributed by atoms with Gasteiger partial charge in [-0.05, 0) is 47.4 Å². The van der Waals surface area contributed by atoms with Gasteiger partial charge in [-0.25, -0.2) is 0 Å². The van der Waals surface area contributed by atoms with E-state index in [1.807, 2.05) is 47.4 Å². The predicted octanol–water partition coefficient (Wildman–Crippen LogP) is 4.57. The highest BCUT2D eigenvalue weighted by atomic mass is 16.3. The Balaban J connectivity index is 1.60. The van der Waals surface area contributed by atoms with Crippen molar-refractivity contribution in [2.75, 3.05) is 13.1 Å². The molecule has 1 fully saturated rings. The average molecular weight is 351 g/mol. The van der Waals surface area contributed by atoms with E-state index in [-0.39, 0.29) is 17.2 Å². The highest BCUT2D eigenvalue weighted by molar-refractivity contribution is 5.94. The maximum atomic E-state index is 12.8. The lowest BCUT2D eigenvalue weighted by Gasteiger charge is -2.34. The minimum atomic E-state index is -0.445. The molecule has 1 unspecified atom stereocenters. The van der Waals surface area contributed by atoms with Crippen molar-refractivity contribution >= 4 is 5.91 Å². The largest absolute Gasteiger partial charge is 0.388 e. The first-order valence-electron chi connectivity index (χ1n) is 9.49. The van der Waals surface area contributed by atoms with Crippen LogP contribution < -0.4 is 0 Å². The first kappa shape index (κ1) is 18.7. The first-order valence-corrected chi connectivity index (χ1v) is 9.49. The summed E-state index contributed by atoms with van der Waals surface area (Å²) in [4.78, 5) is 14.7. The molecular formula is C23H29NO2. The number of amides is 1. The summed E-state index contributed by atoms with van der Waals surface area (Å²) in [6.45, 7) is 7.93. The number of aliphatic hydroxyl groups excluding tert-OH is 1. The first-order chi connectivity index (χ1) is 12.4. The van der Waals surface area contributed by atoms with Crippen molar-refractivity contribution in [3.05, 3.63) is 71.3 Å². The quantitative estimate of drug-likeness (QED) is 0.880. The molecule has 0 bridgehead atoms. The lowest BCUT2D eigenvalue weighted by molar-refractivity contribution is 0.0462. The zero-order chi connectivity index (χ0) is 18.7. The van der Waals surface area contributed by atoms with Crippen LogP contribution in [0.1, 0.15) is 61.2 Å². The van der Waals surface area contributed by atoms with Crippen LogP contribution in [-0.2, 0) is 5.41 Å². The van der Waals surface area contributed by atoms with E-state index < -0.39 is 6.10 Å². The third-order valence-electron chi connectivity index (χ3n) is 5.41. The summed E-state index contributed by atoms with van der Waals surface area (Å²) in [7, 11) is 0. The number of hydrogen-bond donors (Lipinski definition) is 1. The van der Waals surface area contributed by atoms with Crippen LogP contribution in [0.2, 0.25) is 0 Å². The van der Waals surface area contributed by atoms with E-state index in [2.05, 4.69) is 32.9 Å². The van der Waals surface area contributed by atoms with Crippen molar-refractivity contribution < 1.29 is 9.90 Å². The number of carbonyl (C=O) groups is 1. The molecule has 0 aromatic heterocycles. The van der Waals surface area contributed by atoms with Crippen molar-refractivity contribution in [2.24, 2.45) is 5.92 Å². The van der Waals surface area contributed by atoms with Gasteiger partial charge in [-0.3, -0.25) is 4.79 Å². The van der Waals surface area contributed by atoms with Crippen LogP contribution in [0, 0.1) is 5.92 Å². The molecule has 1 atom stereocenters. The van der Waals surface area contributed by atoms with Crippen LogP contribution in [0.5, 0.6) is 0 Å². The molecule has 1 aliphatic heterocycles. The van der Waals surface area contributed by atoms with Crippen LogP contribution >= 0.6 is 0 Å². The Morgan fingerprint density at radius 2 is 1.58 bits per heavy atom. The lowest BCUT2D eigenvalue weighted by Crippen LogP contribution is -2.39. The highest BCUT2D eigenvalue weighted by Crippen LogP contribution is 2.31. The van der Waals surface area contributed by atoms with Gasteiger partial charge in [0, 0.05) is 18.7 Å². The van der Waals surface area contributed by atoms with Crippen LogP contribution in [0.4, 0.5) is 0 Å². The van der Waals surface area contributed by atoms with Gasteiger partial charge in [0.2, 0.25) is 0 Å². The Morgan fingerprint density at radius 1 is 1.00 bits per heavy atom. The van der Waals surface area contributed by atoms with Gasteiger partial charge in [0.15, 0.2) is 0 Å². The zero-order valence-electron chi connectivity index (χ0n) is 16.0. The average Bonchev–Trinajstić information content (AvgIpc) is 2.67. The second kappa shape index (κ2) is 7.63. The summed E-state index contributed by atoms with van der Waals surface area (Å²) < 4.78 is 0. The molecule has 0 radical (unpaired) electrons. The topological polar surface area (TPSA) is 40.5 Å². The summed E-state index contributed by atoms with van der Waals surface area (Å²) in [5, 5.41) is 10.6. The number of likely N-dealkylation sites (tertiary alicyclic amines) is 1. The molecule has 1 N–H and O–H groups in total. The molecule has 3 rings (SSSR count). The number of aliphatic hydroxyl groups is 1. The van der Waals surface area contributed by atoms with Crippen LogP contribution in [0.25, 0.3) is 0 Å². The molecule has 3 nitrogen and oxygen atoms in total. The van der Waals surface area contributed by atoms with Crippen molar-refractivity contribution in [1.82, 2.24) is 4.90 Å². The lowest BCUT2D eigenvalue weighted by atomic mass is 9.86. The molecule has 1 saturated heterocycles. The molecule has 138 valence electrons. The third kappa shape index (κ3) is 4.16. The predicted molar refractivity (Wildman–Crippen MR) is 105 cm³/mol. The van der Waals surface area contributed by atoms with E-state index in [1.54, 1.807) is 0 Å². The molecule has 1 heterocycles. The Bertz CT molecular complexity index is 723. The Morgan fingerprint density at radius 3 is 2.12 bits per heavy atom.